The molecule has 0 saturated carbocycles. The zero-order valence-electron chi connectivity index (χ0n) is 10.8. The number of hydrogen-bond donors (Lipinski definition) is 3. The number of amidine groups is 1. The highest BCUT2D eigenvalue weighted by molar-refractivity contribution is 6.34. The molecule has 4 N–H and O–H groups in total. The Morgan fingerprint density at radius 2 is 2.40 bits per heavy atom. The molecule has 108 valence electrons. The van der Waals surface area contributed by atoms with Crippen molar-refractivity contribution in [2.45, 2.75) is 25.4 Å². The van der Waals surface area contributed by atoms with Crippen LogP contribution in [0, 0.1) is 0 Å². The van der Waals surface area contributed by atoms with Crippen LogP contribution in [0.25, 0.3) is 0 Å². The first-order valence-corrected chi connectivity index (χ1v) is 6.67. The number of anilines is 1. The predicted molar refractivity (Wildman–Crippen MR) is 76.2 cm³/mol. The van der Waals surface area contributed by atoms with E-state index in [4.69, 9.17) is 27.3 Å². The standard InChI is InChI=1S/C13H16ClN3O3/c14-10-6-8(13(15)17-19)3-4-11(10)16-12(18)7-9-2-1-5-20-9/h3-4,6,9,19H,1-2,5,7H2,(H2,15,17)(H,16,18). The summed E-state index contributed by atoms with van der Waals surface area (Å²) in [4.78, 5) is 11.9. The van der Waals surface area contributed by atoms with Crippen LogP contribution in [0.15, 0.2) is 23.4 Å². The molecular formula is C13H16ClN3O3. The molecule has 1 aliphatic heterocycles. The van der Waals surface area contributed by atoms with Crippen LogP contribution >= 0.6 is 11.6 Å². The third-order valence-electron chi connectivity index (χ3n) is 3.08. The van der Waals surface area contributed by atoms with Crippen LogP contribution in [0.2, 0.25) is 5.02 Å². The lowest BCUT2D eigenvalue weighted by Gasteiger charge is -2.11. The quantitative estimate of drug-likeness (QED) is 0.342. The maximum absolute atomic E-state index is 11.9. The Labute approximate surface area is 121 Å². The SMILES string of the molecule is N/C(=N/O)c1ccc(NC(=O)CC2CCCO2)c(Cl)c1. The third-order valence-corrected chi connectivity index (χ3v) is 3.40. The van der Waals surface area contributed by atoms with E-state index in [2.05, 4.69) is 10.5 Å². The summed E-state index contributed by atoms with van der Waals surface area (Å²) in [6.07, 6.45) is 2.21. The van der Waals surface area contributed by atoms with E-state index < -0.39 is 0 Å². The zero-order chi connectivity index (χ0) is 14.5. The maximum Gasteiger partial charge on any atom is 0.227 e. The normalized spacial score (nSPS) is 19.1. The number of halogens is 1. The highest BCUT2D eigenvalue weighted by Crippen LogP contribution is 2.24. The van der Waals surface area contributed by atoms with E-state index in [1.165, 1.54) is 6.07 Å². The number of nitrogens with one attached hydrogen (secondary N) is 1. The molecule has 0 aromatic heterocycles. The summed E-state index contributed by atoms with van der Waals surface area (Å²) in [7, 11) is 0. The van der Waals surface area contributed by atoms with Gasteiger partial charge < -0.3 is 21.0 Å². The number of benzene rings is 1. The van der Waals surface area contributed by atoms with Gasteiger partial charge in [-0.25, -0.2) is 0 Å². The molecular weight excluding hydrogens is 282 g/mol. The Kier molecular flexibility index (Phi) is 4.81. The van der Waals surface area contributed by atoms with Gasteiger partial charge in [0.05, 0.1) is 23.2 Å². The first kappa shape index (κ1) is 14.6. The number of oxime groups is 1. The third kappa shape index (κ3) is 3.61. The van der Waals surface area contributed by atoms with E-state index in [0.29, 0.717) is 29.3 Å². The second kappa shape index (κ2) is 6.58. The summed E-state index contributed by atoms with van der Waals surface area (Å²) in [6.45, 7) is 0.715. The number of amides is 1. The lowest BCUT2D eigenvalue weighted by Crippen LogP contribution is -2.19. The summed E-state index contributed by atoms with van der Waals surface area (Å²) >= 11 is 6.05. The van der Waals surface area contributed by atoms with E-state index in [1.54, 1.807) is 12.1 Å². The number of nitrogens with zero attached hydrogens (tertiary/aromatic N) is 1. The van der Waals surface area contributed by atoms with Crippen molar-refractivity contribution < 1.29 is 14.7 Å². The largest absolute Gasteiger partial charge is 0.409 e. The molecule has 0 spiro atoms. The summed E-state index contributed by atoms with van der Waals surface area (Å²) < 4.78 is 5.40. The Morgan fingerprint density at radius 1 is 1.60 bits per heavy atom. The molecule has 1 heterocycles. The van der Waals surface area contributed by atoms with E-state index in [-0.39, 0.29) is 17.8 Å². The van der Waals surface area contributed by atoms with Crippen molar-refractivity contribution in [1.82, 2.24) is 0 Å². The fourth-order valence-electron chi connectivity index (χ4n) is 2.05. The van der Waals surface area contributed by atoms with E-state index in [9.17, 15) is 4.79 Å². The zero-order valence-corrected chi connectivity index (χ0v) is 11.6. The van der Waals surface area contributed by atoms with Gasteiger partial charge in [-0.1, -0.05) is 16.8 Å². The van der Waals surface area contributed by atoms with Crippen molar-refractivity contribution in [1.29, 1.82) is 0 Å². The van der Waals surface area contributed by atoms with Gasteiger partial charge in [0, 0.05) is 12.2 Å². The first-order chi connectivity index (χ1) is 9.60. The van der Waals surface area contributed by atoms with Gasteiger partial charge in [-0.15, -0.1) is 0 Å². The smallest absolute Gasteiger partial charge is 0.227 e. The van der Waals surface area contributed by atoms with Crippen molar-refractivity contribution >= 4 is 29.0 Å². The molecule has 1 atom stereocenters. The minimum absolute atomic E-state index is 0.00906. The number of nitrogens with two attached hydrogens (primary N) is 1. The van der Waals surface area contributed by atoms with E-state index >= 15 is 0 Å². The lowest BCUT2D eigenvalue weighted by atomic mass is 10.1. The van der Waals surface area contributed by atoms with Gasteiger partial charge >= 0.3 is 0 Å². The molecule has 2 rings (SSSR count). The van der Waals surface area contributed by atoms with Gasteiger partial charge in [0.25, 0.3) is 0 Å². The number of rotatable bonds is 4. The van der Waals surface area contributed by atoms with Gasteiger partial charge in [0.2, 0.25) is 5.91 Å². The molecule has 1 aromatic rings. The van der Waals surface area contributed by atoms with Gasteiger partial charge in [-0.2, -0.15) is 0 Å². The van der Waals surface area contributed by atoms with Crippen molar-refractivity contribution in [2.24, 2.45) is 10.9 Å². The average molecular weight is 298 g/mol. The first-order valence-electron chi connectivity index (χ1n) is 6.29. The topological polar surface area (TPSA) is 96.9 Å². The van der Waals surface area contributed by atoms with E-state index in [1.807, 2.05) is 0 Å². The minimum Gasteiger partial charge on any atom is -0.409 e. The molecule has 0 bridgehead atoms. The van der Waals surface area contributed by atoms with Crippen LogP contribution in [0.3, 0.4) is 0 Å². The van der Waals surface area contributed by atoms with Crippen LogP contribution in [0.1, 0.15) is 24.8 Å². The van der Waals surface area contributed by atoms with Crippen LogP contribution in [0.4, 0.5) is 5.69 Å². The molecule has 1 unspecified atom stereocenters. The Balaban J connectivity index is 2.00. The molecule has 0 aliphatic carbocycles. The fourth-order valence-corrected chi connectivity index (χ4v) is 2.27. The fraction of sp³-hybridized carbons (Fsp3) is 0.385. The highest BCUT2D eigenvalue weighted by atomic mass is 35.5. The average Bonchev–Trinajstić information content (AvgIpc) is 2.93. The Bertz CT molecular complexity index is 528. The number of hydrogen-bond acceptors (Lipinski definition) is 4. The summed E-state index contributed by atoms with van der Waals surface area (Å²) in [5.41, 5.74) is 6.43. The number of carbonyl (C=O) groups is 1. The lowest BCUT2D eigenvalue weighted by molar-refractivity contribution is -0.118. The van der Waals surface area contributed by atoms with E-state index in [0.717, 1.165) is 12.8 Å². The van der Waals surface area contributed by atoms with Crippen molar-refractivity contribution in [2.75, 3.05) is 11.9 Å². The summed E-state index contributed by atoms with van der Waals surface area (Å²) in [6, 6.07) is 4.75. The van der Waals surface area contributed by atoms with Crippen LogP contribution in [0.5, 0.6) is 0 Å². The van der Waals surface area contributed by atoms with Gasteiger partial charge in [-0.3, -0.25) is 4.79 Å². The second-order valence-electron chi connectivity index (χ2n) is 4.57. The highest BCUT2D eigenvalue weighted by Gasteiger charge is 2.19. The molecule has 1 saturated heterocycles. The molecule has 7 heteroatoms. The van der Waals surface area contributed by atoms with Gasteiger partial charge in [0.15, 0.2) is 5.84 Å². The molecule has 1 fully saturated rings. The van der Waals surface area contributed by atoms with Gasteiger partial charge in [-0.05, 0) is 31.0 Å². The van der Waals surface area contributed by atoms with Crippen LogP contribution < -0.4 is 11.1 Å². The number of carbonyl (C=O) groups excluding carboxylic acids is 1. The monoisotopic (exact) mass is 297 g/mol. The molecule has 1 aromatic carbocycles. The van der Waals surface area contributed by atoms with Crippen molar-refractivity contribution in [3.63, 3.8) is 0 Å². The number of ether oxygens (including phenoxy) is 1. The molecule has 1 aliphatic rings. The second-order valence-corrected chi connectivity index (χ2v) is 4.97. The van der Waals surface area contributed by atoms with Crippen molar-refractivity contribution in [3.05, 3.63) is 28.8 Å². The van der Waals surface area contributed by atoms with Gasteiger partial charge in [0.1, 0.15) is 0 Å². The summed E-state index contributed by atoms with van der Waals surface area (Å²) in [5.74, 6) is -0.181. The molecule has 20 heavy (non-hydrogen) atoms. The predicted octanol–water partition coefficient (Wildman–Crippen LogP) is 1.94. The Hall–Kier alpha value is -1.79. The summed E-state index contributed by atoms with van der Waals surface area (Å²) in [5, 5.41) is 14.5. The molecule has 1 amide bonds. The minimum atomic E-state index is -0.143. The molecule has 0 radical (unpaired) electrons. The maximum atomic E-state index is 11.9. The van der Waals surface area contributed by atoms with Crippen LogP contribution in [-0.2, 0) is 9.53 Å². The van der Waals surface area contributed by atoms with Crippen molar-refractivity contribution in [3.8, 4) is 0 Å². The molecule has 6 nitrogen and oxygen atoms in total. The Morgan fingerprint density at radius 3 is 3.00 bits per heavy atom. The van der Waals surface area contributed by atoms with Crippen LogP contribution in [-0.4, -0.2) is 29.7 Å².